The number of carbonyl (C=O) groups is 2. The normalized spacial score (nSPS) is 21.1. The molecule has 1 aliphatic heterocycles. The Morgan fingerprint density at radius 1 is 1.00 bits per heavy atom. The Hall–Kier alpha value is -1.14. The summed E-state index contributed by atoms with van der Waals surface area (Å²) in [5.41, 5.74) is 0. The van der Waals surface area contributed by atoms with E-state index in [-0.39, 0.29) is 29.9 Å². The summed E-state index contributed by atoms with van der Waals surface area (Å²) in [5.74, 6) is 0.348. The van der Waals surface area contributed by atoms with Crippen LogP contribution in [0.1, 0.15) is 47.5 Å². The van der Waals surface area contributed by atoms with Crippen molar-refractivity contribution in [1.29, 1.82) is 0 Å². The summed E-state index contributed by atoms with van der Waals surface area (Å²) in [6.07, 6.45) is 2.24. The van der Waals surface area contributed by atoms with Crippen LogP contribution < -0.4 is 5.32 Å². The van der Waals surface area contributed by atoms with Crippen LogP contribution in [-0.4, -0.2) is 83.4 Å². The van der Waals surface area contributed by atoms with E-state index < -0.39 is 0 Å². The molecular formula is C18H34N4O2. The van der Waals surface area contributed by atoms with Crippen molar-refractivity contribution < 1.29 is 9.59 Å². The molecule has 2 aliphatic rings. The van der Waals surface area contributed by atoms with Crippen molar-refractivity contribution in [2.24, 2.45) is 0 Å². The van der Waals surface area contributed by atoms with Crippen LogP contribution in [0.25, 0.3) is 0 Å². The fourth-order valence-corrected chi connectivity index (χ4v) is 3.47. The van der Waals surface area contributed by atoms with Gasteiger partial charge in [-0.3, -0.25) is 19.4 Å². The van der Waals surface area contributed by atoms with Gasteiger partial charge in [0.1, 0.15) is 0 Å². The van der Waals surface area contributed by atoms with E-state index in [1.165, 1.54) is 0 Å². The molecule has 24 heavy (non-hydrogen) atoms. The molecule has 1 saturated carbocycles. The quantitative estimate of drug-likeness (QED) is 0.750. The van der Waals surface area contributed by atoms with Gasteiger partial charge in [0.2, 0.25) is 11.8 Å². The fourth-order valence-electron chi connectivity index (χ4n) is 3.47. The second kappa shape index (κ2) is 8.30. The maximum absolute atomic E-state index is 12.6. The number of rotatable bonds is 7. The van der Waals surface area contributed by atoms with Gasteiger partial charge in [-0.15, -0.1) is 0 Å². The first kappa shape index (κ1) is 19.2. The summed E-state index contributed by atoms with van der Waals surface area (Å²) < 4.78 is 0. The minimum Gasteiger partial charge on any atom is -0.352 e. The second-order valence-corrected chi connectivity index (χ2v) is 7.76. The molecule has 1 atom stereocenters. The first-order chi connectivity index (χ1) is 11.3. The van der Waals surface area contributed by atoms with Gasteiger partial charge < -0.3 is 10.2 Å². The lowest BCUT2D eigenvalue weighted by atomic mass is 10.2. The third kappa shape index (κ3) is 5.18. The average Bonchev–Trinajstić information content (AvgIpc) is 3.30. The minimum atomic E-state index is -0.0775. The van der Waals surface area contributed by atoms with Crippen LogP contribution >= 0.6 is 0 Å². The van der Waals surface area contributed by atoms with Crippen LogP contribution in [0, 0.1) is 0 Å². The zero-order chi connectivity index (χ0) is 17.9. The lowest BCUT2D eigenvalue weighted by Crippen LogP contribution is -2.56. The number of amides is 2. The number of hydrogen-bond acceptors (Lipinski definition) is 4. The number of carbonyl (C=O) groups excluding carboxylic acids is 2. The predicted octanol–water partition coefficient (Wildman–Crippen LogP) is 0.917. The summed E-state index contributed by atoms with van der Waals surface area (Å²) in [6.45, 7) is 14.1. The molecule has 1 saturated heterocycles. The monoisotopic (exact) mass is 338 g/mol. The van der Waals surface area contributed by atoms with Crippen molar-refractivity contribution in [3.05, 3.63) is 0 Å². The van der Waals surface area contributed by atoms with E-state index in [0.717, 1.165) is 39.0 Å². The van der Waals surface area contributed by atoms with Gasteiger partial charge in [-0.1, -0.05) is 0 Å². The number of nitrogens with zero attached hydrogens (tertiary/aromatic N) is 3. The standard InChI is InChI=1S/C18H34N4O2/c1-13(2)22(14(3)4)17(23)12-20-8-10-21(11-9-20)15(5)18(24)19-16-6-7-16/h13-16H,6-12H2,1-5H3,(H,19,24). The molecule has 2 rings (SSSR count). The molecule has 6 heteroatoms. The molecule has 1 N–H and O–H groups in total. The van der Waals surface area contributed by atoms with Crippen molar-refractivity contribution in [3.8, 4) is 0 Å². The minimum absolute atomic E-state index is 0.0775. The van der Waals surface area contributed by atoms with E-state index in [1.807, 2.05) is 11.8 Å². The summed E-state index contributed by atoms with van der Waals surface area (Å²) >= 11 is 0. The summed E-state index contributed by atoms with van der Waals surface area (Å²) in [5, 5.41) is 3.08. The van der Waals surface area contributed by atoms with Crippen molar-refractivity contribution >= 4 is 11.8 Å². The number of piperazine rings is 1. The maximum Gasteiger partial charge on any atom is 0.237 e. The van der Waals surface area contributed by atoms with Gasteiger partial charge in [0.15, 0.2) is 0 Å². The maximum atomic E-state index is 12.6. The third-order valence-electron chi connectivity index (χ3n) is 5.02. The highest BCUT2D eigenvalue weighted by molar-refractivity contribution is 5.82. The second-order valence-electron chi connectivity index (χ2n) is 7.76. The highest BCUT2D eigenvalue weighted by atomic mass is 16.2. The smallest absolute Gasteiger partial charge is 0.237 e. The molecule has 2 fully saturated rings. The largest absolute Gasteiger partial charge is 0.352 e. The van der Waals surface area contributed by atoms with E-state index in [2.05, 4.69) is 42.8 Å². The van der Waals surface area contributed by atoms with E-state index in [1.54, 1.807) is 0 Å². The molecule has 0 radical (unpaired) electrons. The zero-order valence-corrected chi connectivity index (χ0v) is 15.9. The van der Waals surface area contributed by atoms with Gasteiger partial charge >= 0.3 is 0 Å². The highest BCUT2D eigenvalue weighted by Crippen LogP contribution is 2.19. The van der Waals surface area contributed by atoms with Gasteiger partial charge in [0, 0.05) is 44.3 Å². The highest BCUT2D eigenvalue weighted by Gasteiger charge is 2.31. The number of nitrogens with one attached hydrogen (secondary N) is 1. The molecule has 0 bridgehead atoms. The van der Waals surface area contributed by atoms with Crippen molar-refractivity contribution in [1.82, 2.24) is 20.0 Å². The van der Waals surface area contributed by atoms with Gasteiger partial charge in [-0.2, -0.15) is 0 Å². The van der Waals surface area contributed by atoms with Crippen molar-refractivity contribution in [2.75, 3.05) is 32.7 Å². The number of hydrogen-bond donors (Lipinski definition) is 1. The first-order valence-corrected chi connectivity index (χ1v) is 9.37. The lowest BCUT2D eigenvalue weighted by Gasteiger charge is -2.39. The van der Waals surface area contributed by atoms with Crippen molar-refractivity contribution in [3.63, 3.8) is 0 Å². The molecule has 2 amide bonds. The Morgan fingerprint density at radius 2 is 1.54 bits per heavy atom. The molecule has 6 nitrogen and oxygen atoms in total. The Labute approximate surface area is 146 Å². The third-order valence-corrected chi connectivity index (χ3v) is 5.02. The summed E-state index contributed by atoms with van der Waals surface area (Å²) in [6, 6.07) is 0.790. The van der Waals surface area contributed by atoms with Gasteiger partial charge in [0.25, 0.3) is 0 Å². The van der Waals surface area contributed by atoms with Crippen LogP contribution in [0.2, 0.25) is 0 Å². The van der Waals surface area contributed by atoms with E-state index in [4.69, 9.17) is 0 Å². The Balaban J connectivity index is 1.77. The molecule has 1 heterocycles. The topological polar surface area (TPSA) is 55.9 Å². The SMILES string of the molecule is CC(C(=O)NC1CC1)N1CCN(CC(=O)N(C(C)C)C(C)C)CC1. The molecule has 0 aromatic carbocycles. The van der Waals surface area contributed by atoms with Crippen molar-refractivity contribution in [2.45, 2.75) is 71.6 Å². The van der Waals surface area contributed by atoms with E-state index >= 15 is 0 Å². The van der Waals surface area contributed by atoms with Crippen LogP contribution in [0.3, 0.4) is 0 Å². The Morgan fingerprint density at radius 3 is 2.00 bits per heavy atom. The fraction of sp³-hybridized carbons (Fsp3) is 0.889. The van der Waals surface area contributed by atoms with Crippen LogP contribution in [0.15, 0.2) is 0 Å². The predicted molar refractivity (Wildman–Crippen MR) is 95.8 cm³/mol. The van der Waals surface area contributed by atoms with E-state index in [9.17, 15) is 9.59 Å². The summed E-state index contributed by atoms with van der Waals surface area (Å²) in [7, 11) is 0. The molecular weight excluding hydrogens is 304 g/mol. The van der Waals surface area contributed by atoms with Gasteiger partial charge in [-0.05, 0) is 47.5 Å². The molecule has 1 unspecified atom stereocenters. The van der Waals surface area contributed by atoms with Crippen LogP contribution in [-0.2, 0) is 9.59 Å². The molecule has 1 aliphatic carbocycles. The van der Waals surface area contributed by atoms with Gasteiger partial charge in [0.05, 0.1) is 12.6 Å². The van der Waals surface area contributed by atoms with E-state index in [0.29, 0.717) is 12.6 Å². The zero-order valence-electron chi connectivity index (χ0n) is 15.9. The lowest BCUT2D eigenvalue weighted by molar-refractivity contribution is -0.137. The Kier molecular flexibility index (Phi) is 6.63. The molecule has 0 aromatic rings. The molecule has 138 valence electrons. The molecule has 0 aromatic heterocycles. The first-order valence-electron chi connectivity index (χ1n) is 9.37. The Bertz CT molecular complexity index is 432. The van der Waals surface area contributed by atoms with Gasteiger partial charge in [-0.25, -0.2) is 0 Å². The average molecular weight is 338 g/mol. The summed E-state index contributed by atoms with van der Waals surface area (Å²) in [4.78, 5) is 31.1. The van der Waals surface area contributed by atoms with Crippen LogP contribution in [0.4, 0.5) is 0 Å². The van der Waals surface area contributed by atoms with Crippen LogP contribution in [0.5, 0.6) is 0 Å². The molecule has 0 spiro atoms.